The Labute approximate surface area is 239 Å². The number of sulfonamides is 1. The second-order valence-electron chi connectivity index (χ2n) is 9.46. The minimum atomic E-state index is -4.13. The predicted octanol–water partition coefficient (Wildman–Crippen LogP) is 6.28. The van der Waals surface area contributed by atoms with Gasteiger partial charge >= 0.3 is 0 Å². The number of hydrogen-bond acceptors (Lipinski definition) is 4. The van der Waals surface area contributed by atoms with E-state index in [1.165, 1.54) is 18.2 Å². The Hall–Kier alpha value is -4.14. The zero-order valence-corrected chi connectivity index (χ0v) is 24.0. The quantitative estimate of drug-likeness (QED) is 0.245. The van der Waals surface area contributed by atoms with Crippen molar-refractivity contribution in [3.05, 3.63) is 124 Å². The Morgan fingerprint density at radius 1 is 0.875 bits per heavy atom. The molecule has 40 heavy (non-hydrogen) atoms. The number of amides is 2. The third-order valence-electron chi connectivity index (χ3n) is 6.43. The van der Waals surface area contributed by atoms with Gasteiger partial charge < -0.3 is 10.6 Å². The molecule has 0 saturated carbocycles. The first-order chi connectivity index (χ1) is 19.1. The molecule has 0 heterocycles. The van der Waals surface area contributed by atoms with Crippen LogP contribution in [-0.2, 0) is 14.8 Å². The lowest BCUT2D eigenvalue weighted by Gasteiger charge is -2.25. The van der Waals surface area contributed by atoms with Gasteiger partial charge in [-0.25, -0.2) is 8.42 Å². The summed E-state index contributed by atoms with van der Waals surface area (Å²) < 4.78 is 28.4. The minimum absolute atomic E-state index is 0.0391. The van der Waals surface area contributed by atoms with Gasteiger partial charge in [-0.2, -0.15) is 0 Å². The first-order valence-electron chi connectivity index (χ1n) is 12.7. The number of para-hydroxylation sites is 1. The van der Waals surface area contributed by atoms with Crippen LogP contribution in [0.3, 0.4) is 0 Å². The SMILES string of the molecule is Cc1ccc(S(=O)(=O)N(CC(=O)Nc2ccccc2C(=O)N[C@H](C)c2ccccc2)c2ccc(C)c(Cl)c2)cc1. The molecule has 0 aromatic heterocycles. The van der Waals surface area contributed by atoms with Gasteiger partial charge in [0.25, 0.3) is 15.9 Å². The number of carbonyl (C=O) groups excluding carboxylic acids is 2. The Morgan fingerprint density at radius 3 is 2.20 bits per heavy atom. The van der Waals surface area contributed by atoms with Crippen LogP contribution in [0, 0.1) is 13.8 Å². The van der Waals surface area contributed by atoms with Gasteiger partial charge in [-0.3, -0.25) is 13.9 Å². The van der Waals surface area contributed by atoms with E-state index in [1.807, 2.05) is 44.2 Å². The monoisotopic (exact) mass is 575 g/mol. The van der Waals surface area contributed by atoms with Crippen LogP contribution in [0.25, 0.3) is 0 Å². The summed E-state index contributed by atoms with van der Waals surface area (Å²) in [6, 6.07) is 27.0. The number of nitrogens with zero attached hydrogens (tertiary/aromatic N) is 1. The third-order valence-corrected chi connectivity index (χ3v) is 8.63. The van der Waals surface area contributed by atoms with E-state index in [-0.39, 0.29) is 33.8 Å². The normalized spacial score (nSPS) is 11.9. The van der Waals surface area contributed by atoms with Crippen molar-refractivity contribution in [1.29, 1.82) is 0 Å². The molecule has 0 aliphatic heterocycles. The molecule has 0 saturated heterocycles. The summed E-state index contributed by atoms with van der Waals surface area (Å²) in [4.78, 5) is 26.5. The number of hydrogen-bond donors (Lipinski definition) is 2. The largest absolute Gasteiger partial charge is 0.345 e. The first-order valence-corrected chi connectivity index (χ1v) is 14.5. The molecule has 0 aliphatic rings. The fraction of sp³-hybridized carbons (Fsp3) is 0.161. The van der Waals surface area contributed by atoms with Gasteiger partial charge in [0, 0.05) is 5.02 Å². The Morgan fingerprint density at radius 2 is 1.52 bits per heavy atom. The van der Waals surface area contributed by atoms with Gasteiger partial charge in [-0.1, -0.05) is 77.8 Å². The van der Waals surface area contributed by atoms with E-state index in [4.69, 9.17) is 11.6 Å². The zero-order valence-electron chi connectivity index (χ0n) is 22.4. The summed E-state index contributed by atoms with van der Waals surface area (Å²) in [5.41, 5.74) is 3.37. The fourth-order valence-electron chi connectivity index (χ4n) is 4.10. The molecule has 0 aliphatic carbocycles. The Bertz CT molecular complexity index is 1620. The Kier molecular flexibility index (Phi) is 8.92. The van der Waals surface area contributed by atoms with Crippen molar-refractivity contribution < 1.29 is 18.0 Å². The first kappa shape index (κ1) is 28.9. The molecule has 9 heteroatoms. The van der Waals surface area contributed by atoms with E-state index < -0.39 is 22.5 Å². The lowest BCUT2D eigenvalue weighted by atomic mass is 10.1. The van der Waals surface area contributed by atoms with Gasteiger partial charge in [0.05, 0.1) is 27.9 Å². The average Bonchev–Trinajstić information content (AvgIpc) is 2.94. The van der Waals surface area contributed by atoms with E-state index in [1.54, 1.807) is 55.5 Å². The van der Waals surface area contributed by atoms with Crippen molar-refractivity contribution >= 4 is 44.8 Å². The summed E-state index contributed by atoms with van der Waals surface area (Å²) >= 11 is 6.32. The maximum absolute atomic E-state index is 13.7. The van der Waals surface area contributed by atoms with Gasteiger partial charge in [-0.05, 0) is 68.3 Å². The highest BCUT2D eigenvalue weighted by Crippen LogP contribution is 2.28. The van der Waals surface area contributed by atoms with E-state index >= 15 is 0 Å². The summed E-state index contributed by atoms with van der Waals surface area (Å²) in [5, 5.41) is 6.04. The molecule has 1 atom stereocenters. The van der Waals surface area contributed by atoms with E-state index in [0.717, 1.165) is 21.0 Å². The molecule has 7 nitrogen and oxygen atoms in total. The number of nitrogens with one attached hydrogen (secondary N) is 2. The highest BCUT2D eigenvalue weighted by Gasteiger charge is 2.28. The second kappa shape index (κ2) is 12.4. The predicted molar refractivity (Wildman–Crippen MR) is 159 cm³/mol. The number of anilines is 2. The van der Waals surface area contributed by atoms with E-state index in [0.29, 0.717) is 5.02 Å². The van der Waals surface area contributed by atoms with Crippen LogP contribution in [0.15, 0.2) is 102 Å². The molecule has 2 amide bonds. The highest BCUT2D eigenvalue weighted by atomic mass is 35.5. The van der Waals surface area contributed by atoms with Crippen molar-refractivity contribution in [3.8, 4) is 0 Å². The molecular formula is C31H30ClN3O4S. The average molecular weight is 576 g/mol. The smallest absolute Gasteiger partial charge is 0.264 e. The summed E-state index contributed by atoms with van der Waals surface area (Å²) in [7, 11) is -4.13. The van der Waals surface area contributed by atoms with Crippen molar-refractivity contribution in [2.75, 3.05) is 16.2 Å². The molecule has 4 aromatic rings. The molecule has 2 N–H and O–H groups in total. The molecule has 4 aromatic carbocycles. The van der Waals surface area contributed by atoms with Crippen molar-refractivity contribution in [3.63, 3.8) is 0 Å². The molecule has 0 bridgehead atoms. The van der Waals surface area contributed by atoms with Gasteiger partial charge in [-0.15, -0.1) is 0 Å². The molecule has 0 spiro atoms. The third kappa shape index (κ3) is 6.70. The molecule has 4 rings (SSSR count). The fourth-order valence-corrected chi connectivity index (χ4v) is 5.69. The lowest BCUT2D eigenvalue weighted by molar-refractivity contribution is -0.114. The van der Waals surface area contributed by atoms with Gasteiger partial charge in [0.1, 0.15) is 6.54 Å². The number of rotatable bonds is 9. The molecule has 0 fully saturated rings. The summed E-state index contributed by atoms with van der Waals surface area (Å²) in [6.07, 6.45) is 0. The standard InChI is InChI=1S/C31H30ClN3O4S/c1-21-13-17-26(18-14-21)40(38,39)35(25-16-15-22(2)28(32)19-25)20-30(36)34-29-12-8-7-11-27(29)31(37)33-23(3)24-9-5-4-6-10-24/h4-19,23H,20H2,1-3H3,(H,33,37)(H,34,36)/t23-/m1/s1. The van der Waals surface area contributed by atoms with Crippen LogP contribution in [0.5, 0.6) is 0 Å². The Balaban J connectivity index is 1.60. The van der Waals surface area contributed by atoms with E-state index in [9.17, 15) is 18.0 Å². The maximum atomic E-state index is 13.7. The van der Waals surface area contributed by atoms with Crippen molar-refractivity contribution in [2.45, 2.75) is 31.7 Å². The number of benzene rings is 4. The van der Waals surface area contributed by atoms with Gasteiger partial charge in [0.2, 0.25) is 5.91 Å². The molecule has 206 valence electrons. The van der Waals surface area contributed by atoms with Gasteiger partial charge in [0.15, 0.2) is 0 Å². The topological polar surface area (TPSA) is 95.6 Å². The van der Waals surface area contributed by atoms with Crippen molar-refractivity contribution in [1.82, 2.24) is 5.32 Å². The van der Waals surface area contributed by atoms with Crippen LogP contribution in [0.1, 0.15) is 40.0 Å². The number of halogens is 1. The summed E-state index contributed by atoms with van der Waals surface area (Å²) in [5.74, 6) is -0.995. The maximum Gasteiger partial charge on any atom is 0.264 e. The molecule has 0 unspecified atom stereocenters. The number of aryl methyl sites for hydroxylation is 2. The zero-order chi connectivity index (χ0) is 28.9. The molecule has 0 radical (unpaired) electrons. The van der Waals surface area contributed by atoms with Crippen molar-refractivity contribution in [2.24, 2.45) is 0 Å². The highest BCUT2D eigenvalue weighted by molar-refractivity contribution is 7.92. The van der Waals surface area contributed by atoms with Crippen LogP contribution < -0.4 is 14.9 Å². The van der Waals surface area contributed by atoms with Crippen LogP contribution in [-0.4, -0.2) is 26.8 Å². The lowest BCUT2D eigenvalue weighted by Crippen LogP contribution is -2.38. The second-order valence-corrected chi connectivity index (χ2v) is 11.7. The van der Waals surface area contributed by atoms with Crippen LogP contribution in [0.4, 0.5) is 11.4 Å². The van der Waals surface area contributed by atoms with E-state index in [2.05, 4.69) is 10.6 Å². The van der Waals surface area contributed by atoms with Crippen LogP contribution in [0.2, 0.25) is 5.02 Å². The van der Waals surface area contributed by atoms with Crippen LogP contribution >= 0.6 is 11.6 Å². The minimum Gasteiger partial charge on any atom is -0.345 e. The number of carbonyl (C=O) groups is 2. The molecular weight excluding hydrogens is 546 g/mol. The summed E-state index contributed by atoms with van der Waals surface area (Å²) in [6.45, 7) is 4.99.